The number of carbonyl (C=O) groups is 2. The van der Waals surface area contributed by atoms with E-state index in [4.69, 9.17) is 4.74 Å². The number of rotatable bonds is 4. The third-order valence-corrected chi connectivity index (χ3v) is 5.35. The summed E-state index contributed by atoms with van der Waals surface area (Å²) in [5.41, 5.74) is 1.96. The lowest BCUT2D eigenvalue weighted by Crippen LogP contribution is -2.28. The van der Waals surface area contributed by atoms with Crippen molar-refractivity contribution in [3.63, 3.8) is 0 Å². The Morgan fingerprint density at radius 3 is 2.56 bits per heavy atom. The van der Waals surface area contributed by atoms with Crippen LogP contribution in [0.4, 0.5) is 4.39 Å². The zero-order valence-electron chi connectivity index (χ0n) is 15.2. The summed E-state index contributed by atoms with van der Waals surface area (Å²) in [4.78, 5) is 29.3. The van der Waals surface area contributed by atoms with Crippen LogP contribution in [0.15, 0.2) is 47.5 Å². The number of fused-ring (bicyclic) bond motifs is 1. The van der Waals surface area contributed by atoms with E-state index >= 15 is 0 Å². The standard InChI is InChI=1S/C20H19FN2O3S/c1-4-15(19(25)26-3)23-16-7-5-6-14(21)17(16)27-20(23)22-18(24)13-10-8-12(2)9-11-13/h5-11,15H,4H2,1-3H3. The second-order valence-corrected chi connectivity index (χ2v) is 7.05. The molecule has 0 saturated carbocycles. The van der Waals surface area contributed by atoms with E-state index in [-0.39, 0.29) is 4.80 Å². The zero-order valence-corrected chi connectivity index (χ0v) is 16.0. The van der Waals surface area contributed by atoms with Gasteiger partial charge in [0.2, 0.25) is 0 Å². The van der Waals surface area contributed by atoms with E-state index in [1.165, 1.54) is 13.2 Å². The van der Waals surface area contributed by atoms with Crippen molar-refractivity contribution in [3.8, 4) is 0 Å². The van der Waals surface area contributed by atoms with Crippen molar-refractivity contribution in [1.29, 1.82) is 0 Å². The number of hydrogen-bond donors (Lipinski definition) is 0. The molecule has 0 saturated heterocycles. The number of esters is 1. The van der Waals surface area contributed by atoms with Gasteiger partial charge in [-0.1, -0.05) is 42.0 Å². The van der Waals surface area contributed by atoms with Crippen LogP contribution in [0.5, 0.6) is 0 Å². The summed E-state index contributed by atoms with van der Waals surface area (Å²) in [5.74, 6) is -1.34. The lowest BCUT2D eigenvalue weighted by atomic mass is 10.1. The number of nitrogens with zero attached hydrogens (tertiary/aromatic N) is 2. The lowest BCUT2D eigenvalue weighted by Gasteiger charge is -2.15. The largest absolute Gasteiger partial charge is 0.467 e. The van der Waals surface area contributed by atoms with Crippen LogP contribution in [-0.2, 0) is 9.53 Å². The highest BCUT2D eigenvalue weighted by Gasteiger charge is 2.24. The monoisotopic (exact) mass is 386 g/mol. The average Bonchev–Trinajstić information content (AvgIpc) is 3.02. The van der Waals surface area contributed by atoms with Crippen LogP contribution in [-0.4, -0.2) is 23.6 Å². The minimum atomic E-state index is -0.699. The maximum absolute atomic E-state index is 14.3. The molecule has 3 aromatic rings. The number of benzene rings is 2. The smallest absolute Gasteiger partial charge is 0.328 e. The van der Waals surface area contributed by atoms with Crippen LogP contribution in [0, 0.1) is 12.7 Å². The predicted octanol–water partition coefficient (Wildman–Crippen LogP) is 4.02. The number of aryl methyl sites for hydroxylation is 1. The molecule has 0 aliphatic rings. The molecule has 140 valence electrons. The van der Waals surface area contributed by atoms with Crippen molar-refractivity contribution in [2.24, 2.45) is 4.99 Å². The van der Waals surface area contributed by atoms with Crippen molar-refractivity contribution in [1.82, 2.24) is 4.57 Å². The van der Waals surface area contributed by atoms with Crippen molar-refractivity contribution < 1.29 is 18.7 Å². The number of carbonyl (C=O) groups excluding carboxylic acids is 2. The molecule has 1 unspecified atom stereocenters. The first-order valence-corrected chi connectivity index (χ1v) is 9.31. The Hall–Kier alpha value is -2.80. The van der Waals surface area contributed by atoms with Crippen molar-refractivity contribution in [2.45, 2.75) is 26.3 Å². The molecule has 1 atom stereocenters. The fourth-order valence-electron chi connectivity index (χ4n) is 2.85. The number of methoxy groups -OCH3 is 1. The summed E-state index contributed by atoms with van der Waals surface area (Å²) in [7, 11) is 1.30. The summed E-state index contributed by atoms with van der Waals surface area (Å²) >= 11 is 1.04. The van der Waals surface area contributed by atoms with Crippen LogP contribution in [0.25, 0.3) is 10.2 Å². The fraction of sp³-hybridized carbons (Fsp3) is 0.250. The molecule has 7 heteroatoms. The first-order valence-electron chi connectivity index (χ1n) is 8.49. The van der Waals surface area contributed by atoms with Gasteiger partial charge in [0, 0.05) is 5.56 Å². The second-order valence-electron chi connectivity index (χ2n) is 6.07. The van der Waals surface area contributed by atoms with E-state index in [0.29, 0.717) is 22.2 Å². The van der Waals surface area contributed by atoms with Gasteiger partial charge < -0.3 is 9.30 Å². The summed E-state index contributed by atoms with van der Waals surface area (Å²) in [5, 5.41) is 0. The highest BCUT2D eigenvalue weighted by Crippen LogP contribution is 2.25. The summed E-state index contributed by atoms with van der Waals surface area (Å²) < 4.78 is 21.1. The minimum Gasteiger partial charge on any atom is -0.467 e. The number of thiazole rings is 1. The molecule has 0 bridgehead atoms. The van der Waals surface area contributed by atoms with Crippen LogP contribution < -0.4 is 4.80 Å². The third kappa shape index (κ3) is 3.68. The first kappa shape index (κ1) is 19.0. The van der Waals surface area contributed by atoms with Gasteiger partial charge in [0.15, 0.2) is 4.80 Å². The van der Waals surface area contributed by atoms with Gasteiger partial charge in [-0.25, -0.2) is 9.18 Å². The van der Waals surface area contributed by atoms with Crippen molar-refractivity contribution in [3.05, 3.63) is 64.2 Å². The molecule has 0 fully saturated rings. The van der Waals surface area contributed by atoms with E-state index in [1.54, 1.807) is 28.8 Å². The SMILES string of the molecule is CCC(C(=O)OC)n1c(=NC(=O)c2ccc(C)cc2)sc2c(F)cccc21. The molecule has 3 rings (SSSR count). The lowest BCUT2D eigenvalue weighted by molar-refractivity contribution is -0.144. The average molecular weight is 386 g/mol. The molecule has 0 spiro atoms. The highest BCUT2D eigenvalue weighted by atomic mass is 32.1. The zero-order chi connectivity index (χ0) is 19.6. The number of hydrogen-bond acceptors (Lipinski definition) is 4. The van der Waals surface area contributed by atoms with E-state index in [9.17, 15) is 14.0 Å². The fourth-order valence-corrected chi connectivity index (χ4v) is 3.92. The summed E-state index contributed by atoms with van der Waals surface area (Å²) in [6, 6.07) is 10.9. The maximum Gasteiger partial charge on any atom is 0.328 e. The molecule has 0 radical (unpaired) electrons. The molecular formula is C20H19FN2O3S. The molecule has 0 aliphatic heterocycles. The Bertz CT molecular complexity index is 1070. The van der Waals surface area contributed by atoms with Gasteiger partial charge in [0.25, 0.3) is 5.91 Å². The topological polar surface area (TPSA) is 60.7 Å². The van der Waals surface area contributed by atoms with E-state index < -0.39 is 23.7 Å². The van der Waals surface area contributed by atoms with Crippen molar-refractivity contribution >= 4 is 33.4 Å². The van der Waals surface area contributed by atoms with Gasteiger partial charge in [-0.2, -0.15) is 4.99 Å². The molecule has 1 heterocycles. The van der Waals surface area contributed by atoms with Gasteiger partial charge in [-0.15, -0.1) is 0 Å². The molecule has 0 aliphatic carbocycles. The first-order chi connectivity index (χ1) is 13.0. The Kier molecular flexibility index (Phi) is 5.51. The van der Waals surface area contributed by atoms with Gasteiger partial charge >= 0.3 is 5.97 Å². The normalized spacial score (nSPS) is 13.0. The third-order valence-electron chi connectivity index (χ3n) is 4.27. The molecule has 27 heavy (non-hydrogen) atoms. The molecule has 1 amide bonds. The Morgan fingerprint density at radius 2 is 1.93 bits per heavy atom. The highest BCUT2D eigenvalue weighted by molar-refractivity contribution is 7.16. The van der Waals surface area contributed by atoms with Gasteiger partial charge in [-0.3, -0.25) is 4.79 Å². The summed E-state index contributed by atoms with van der Waals surface area (Å²) in [6.45, 7) is 3.75. The number of amides is 1. The minimum absolute atomic E-state index is 0.262. The quantitative estimate of drug-likeness (QED) is 0.637. The Morgan fingerprint density at radius 1 is 1.22 bits per heavy atom. The van der Waals surface area contributed by atoms with Crippen molar-refractivity contribution in [2.75, 3.05) is 7.11 Å². The molecule has 5 nitrogen and oxygen atoms in total. The Labute approximate surface area is 159 Å². The van der Waals surface area contributed by atoms with Crippen LogP contribution >= 0.6 is 11.3 Å². The van der Waals surface area contributed by atoms with Crippen LogP contribution in [0.3, 0.4) is 0 Å². The molecule has 1 aromatic heterocycles. The molecule has 2 aromatic carbocycles. The van der Waals surface area contributed by atoms with Crippen LogP contribution in [0.2, 0.25) is 0 Å². The number of aromatic nitrogens is 1. The van der Waals surface area contributed by atoms with E-state index in [2.05, 4.69) is 4.99 Å². The van der Waals surface area contributed by atoms with Gasteiger partial charge in [-0.05, 0) is 37.6 Å². The molecular weight excluding hydrogens is 367 g/mol. The maximum atomic E-state index is 14.3. The predicted molar refractivity (Wildman–Crippen MR) is 102 cm³/mol. The van der Waals surface area contributed by atoms with E-state index in [0.717, 1.165) is 16.9 Å². The molecule has 0 N–H and O–H groups in total. The summed E-state index contributed by atoms with van der Waals surface area (Å²) in [6.07, 6.45) is 0.418. The number of ether oxygens (including phenoxy) is 1. The Balaban J connectivity index is 2.23. The van der Waals surface area contributed by atoms with Gasteiger partial charge in [0.1, 0.15) is 11.9 Å². The second kappa shape index (κ2) is 7.84. The van der Waals surface area contributed by atoms with E-state index in [1.807, 2.05) is 26.0 Å². The van der Waals surface area contributed by atoms with Crippen LogP contribution in [0.1, 0.15) is 35.3 Å². The number of halogens is 1. The van der Waals surface area contributed by atoms with Gasteiger partial charge in [0.05, 0.1) is 17.3 Å².